The number of hydrogen-bond acceptors (Lipinski definition) is 3. The molecule has 0 unspecified atom stereocenters. The Morgan fingerprint density at radius 1 is 1.21 bits per heavy atom. The van der Waals surface area contributed by atoms with Gasteiger partial charge in [-0.2, -0.15) is 0 Å². The van der Waals surface area contributed by atoms with Gasteiger partial charge >= 0.3 is 0 Å². The Morgan fingerprint density at radius 3 is 2.53 bits per heavy atom. The maximum absolute atomic E-state index is 13.1. The molecule has 6 heteroatoms. The number of benzene rings is 2. The monoisotopic (exact) mass is 343 g/mol. The van der Waals surface area contributed by atoms with Crippen LogP contribution in [0.25, 0.3) is 0 Å². The lowest BCUT2D eigenvalue weighted by atomic mass is 10.2. The maximum Gasteiger partial charge on any atom is 0.175 e. The zero-order chi connectivity index (χ0) is 13.8. The molecule has 0 aliphatic heterocycles. The Balaban J connectivity index is 2.22. The van der Waals surface area contributed by atoms with Crippen molar-refractivity contribution >= 4 is 32.7 Å². The molecule has 1 N–H and O–H groups in total. The Morgan fingerprint density at radius 2 is 1.89 bits per heavy atom. The second kappa shape index (κ2) is 6.04. The van der Waals surface area contributed by atoms with E-state index >= 15 is 0 Å². The third kappa shape index (κ3) is 3.45. The van der Waals surface area contributed by atoms with Gasteiger partial charge in [0.05, 0.1) is 4.47 Å². The molecule has 19 heavy (non-hydrogen) atoms. The van der Waals surface area contributed by atoms with Gasteiger partial charge in [0, 0.05) is 11.6 Å². The molecule has 0 saturated carbocycles. The van der Waals surface area contributed by atoms with E-state index < -0.39 is 0 Å². The van der Waals surface area contributed by atoms with E-state index in [0.29, 0.717) is 21.5 Å². The summed E-state index contributed by atoms with van der Waals surface area (Å²) in [5.74, 6) is 0.498. The largest absolute Gasteiger partial charge is 0.456 e. The molecule has 0 aromatic heterocycles. The van der Waals surface area contributed by atoms with Crippen molar-refractivity contribution in [2.75, 3.05) is 0 Å². The topological polar surface area (TPSA) is 41.8 Å². The first-order valence-corrected chi connectivity index (χ1v) is 6.38. The SMILES string of the molecule is O/N=C(\Cl)c1ccc(Oc2cc(F)ccc2Br)cc1. The zero-order valence-electron chi connectivity index (χ0n) is 9.48. The van der Waals surface area contributed by atoms with Crippen molar-refractivity contribution in [2.45, 2.75) is 0 Å². The van der Waals surface area contributed by atoms with Gasteiger partial charge in [0.2, 0.25) is 0 Å². The first-order chi connectivity index (χ1) is 9.10. The average Bonchev–Trinajstić information content (AvgIpc) is 2.43. The second-order valence-corrected chi connectivity index (χ2v) is 4.80. The first kappa shape index (κ1) is 13.8. The number of oxime groups is 1. The number of ether oxygens (including phenoxy) is 1. The van der Waals surface area contributed by atoms with Gasteiger partial charge in [-0.25, -0.2) is 4.39 Å². The molecule has 0 aliphatic carbocycles. The summed E-state index contributed by atoms with van der Waals surface area (Å²) >= 11 is 8.92. The van der Waals surface area contributed by atoms with Crippen LogP contribution in [0.2, 0.25) is 0 Å². The predicted octanol–water partition coefficient (Wildman–Crippen LogP) is 4.76. The van der Waals surface area contributed by atoms with Gasteiger partial charge in [0.25, 0.3) is 0 Å². The summed E-state index contributed by atoms with van der Waals surface area (Å²) in [5.41, 5.74) is 0.551. The van der Waals surface area contributed by atoms with E-state index in [1.54, 1.807) is 30.3 Å². The minimum absolute atomic E-state index is 0.0153. The number of rotatable bonds is 3. The number of nitrogens with zero attached hydrogens (tertiary/aromatic N) is 1. The molecule has 0 atom stereocenters. The lowest BCUT2D eigenvalue weighted by Gasteiger charge is -2.08. The van der Waals surface area contributed by atoms with Gasteiger partial charge in [-0.15, -0.1) is 0 Å². The van der Waals surface area contributed by atoms with Gasteiger partial charge in [0.1, 0.15) is 17.3 Å². The Hall–Kier alpha value is -1.59. The van der Waals surface area contributed by atoms with Gasteiger partial charge in [-0.3, -0.25) is 0 Å². The van der Waals surface area contributed by atoms with Crippen LogP contribution in [0.4, 0.5) is 4.39 Å². The molecule has 0 aliphatic rings. The summed E-state index contributed by atoms with van der Waals surface area (Å²) in [6.07, 6.45) is 0. The highest BCUT2D eigenvalue weighted by Crippen LogP contribution is 2.30. The van der Waals surface area contributed by atoms with Gasteiger partial charge in [0.15, 0.2) is 5.17 Å². The standard InChI is InChI=1S/C13H8BrClFNO2/c14-11-6-3-9(16)7-12(11)19-10-4-1-8(2-5-10)13(15)17-18/h1-7,18H/b17-13-. The highest BCUT2D eigenvalue weighted by Gasteiger charge is 2.06. The molecule has 0 saturated heterocycles. The van der Waals surface area contributed by atoms with E-state index in [-0.39, 0.29) is 11.0 Å². The predicted molar refractivity (Wildman–Crippen MR) is 74.8 cm³/mol. The fourth-order valence-electron chi connectivity index (χ4n) is 1.40. The lowest BCUT2D eigenvalue weighted by molar-refractivity contribution is 0.321. The molecule has 2 aromatic rings. The van der Waals surface area contributed by atoms with Crippen molar-refractivity contribution in [1.29, 1.82) is 0 Å². The smallest absolute Gasteiger partial charge is 0.175 e. The van der Waals surface area contributed by atoms with Crippen LogP contribution >= 0.6 is 27.5 Å². The fourth-order valence-corrected chi connectivity index (χ4v) is 1.85. The fraction of sp³-hybridized carbons (Fsp3) is 0. The van der Waals surface area contributed by atoms with Gasteiger partial charge < -0.3 is 9.94 Å². The van der Waals surface area contributed by atoms with Crippen LogP contribution in [-0.2, 0) is 0 Å². The first-order valence-electron chi connectivity index (χ1n) is 5.21. The molecule has 0 spiro atoms. The van der Waals surface area contributed by atoms with E-state index in [0.717, 1.165) is 0 Å². The maximum atomic E-state index is 13.1. The van der Waals surface area contributed by atoms with Crippen LogP contribution in [0, 0.1) is 5.82 Å². The van der Waals surface area contributed by atoms with Crippen molar-refractivity contribution in [3.8, 4) is 11.5 Å². The summed E-state index contributed by atoms with van der Waals surface area (Å²) < 4.78 is 19.3. The van der Waals surface area contributed by atoms with Crippen LogP contribution in [0.1, 0.15) is 5.56 Å². The molecule has 0 fully saturated rings. The minimum Gasteiger partial charge on any atom is -0.456 e. The average molecular weight is 345 g/mol. The van der Waals surface area contributed by atoms with Crippen molar-refractivity contribution in [3.05, 3.63) is 58.3 Å². The summed E-state index contributed by atoms with van der Waals surface area (Å²) in [4.78, 5) is 0. The molecule has 0 radical (unpaired) electrons. The molecule has 0 bridgehead atoms. The quantitative estimate of drug-likeness (QED) is 0.496. The van der Waals surface area contributed by atoms with E-state index in [1.807, 2.05) is 0 Å². The van der Waals surface area contributed by atoms with E-state index in [1.165, 1.54) is 12.1 Å². The van der Waals surface area contributed by atoms with E-state index in [2.05, 4.69) is 21.1 Å². The Bertz CT molecular complexity index is 617. The second-order valence-electron chi connectivity index (χ2n) is 3.59. The van der Waals surface area contributed by atoms with Crippen LogP contribution < -0.4 is 4.74 Å². The molecule has 0 heterocycles. The van der Waals surface area contributed by atoms with E-state index in [9.17, 15) is 4.39 Å². The van der Waals surface area contributed by atoms with Crippen molar-refractivity contribution in [1.82, 2.24) is 0 Å². The normalized spacial score (nSPS) is 11.4. The summed E-state index contributed by atoms with van der Waals surface area (Å²) in [7, 11) is 0. The molecule has 2 aromatic carbocycles. The zero-order valence-corrected chi connectivity index (χ0v) is 11.8. The molecule has 0 amide bonds. The highest BCUT2D eigenvalue weighted by molar-refractivity contribution is 9.10. The Kier molecular flexibility index (Phi) is 4.39. The van der Waals surface area contributed by atoms with Crippen molar-refractivity contribution < 1.29 is 14.3 Å². The lowest BCUT2D eigenvalue weighted by Crippen LogP contribution is -1.91. The number of hydrogen-bond donors (Lipinski definition) is 1. The van der Waals surface area contributed by atoms with Gasteiger partial charge in [-0.05, 0) is 52.3 Å². The molecule has 98 valence electrons. The summed E-state index contributed by atoms with van der Waals surface area (Å²) in [6, 6.07) is 10.7. The minimum atomic E-state index is -0.384. The number of halogens is 3. The van der Waals surface area contributed by atoms with E-state index in [4.69, 9.17) is 21.5 Å². The Labute approximate surface area is 122 Å². The third-order valence-electron chi connectivity index (χ3n) is 2.30. The molecular formula is C13H8BrClFNO2. The van der Waals surface area contributed by atoms with Gasteiger partial charge in [-0.1, -0.05) is 16.8 Å². The summed E-state index contributed by atoms with van der Waals surface area (Å²) in [6.45, 7) is 0. The van der Waals surface area contributed by atoms with Crippen LogP contribution in [0.3, 0.4) is 0 Å². The van der Waals surface area contributed by atoms with Crippen LogP contribution in [0.15, 0.2) is 52.1 Å². The third-order valence-corrected chi connectivity index (χ3v) is 3.25. The molecule has 2 rings (SSSR count). The van der Waals surface area contributed by atoms with Crippen molar-refractivity contribution in [3.63, 3.8) is 0 Å². The van der Waals surface area contributed by atoms with Crippen LogP contribution in [0.5, 0.6) is 11.5 Å². The summed E-state index contributed by atoms with van der Waals surface area (Å²) in [5, 5.41) is 11.4. The highest BCUT2D eigenvalue weighted by atomic mass is 79.9. The molecule has 3 nitrogen and oxygen atoms in total. The van der Waals surface area contributed by atoms with Crippen molar-refractivity contribution in [2.24, 2.45) is 5.16 Å². The van der Waals surface area contributed by atoms with Crippen LogP contribution in [-0.4, -0.2) is 10.4 Å². The molecular weight excluding hydrogens is 337 g/mol.